The van der Waals surface area contributed by atoms with Crippen molar-refractivity contribution in [2.45, 2.75) is 41.5 Å². The number of aromatic nitrogens is 8. The van der Waals surface area contributed by atoms with Crippen molar-refractivity contribution in [2.24, 2.45) is 14.1 Å². The highest BCUT2D eigenvalue weighted by atomic mass is 127. The van der Waals surface area contributed by atoms with E-state index in [1.54, 1.807) is 35.6 Å². The Bertz CT molecular complexity index is 3390. The first-order valence-corrected chi connectivity index (χ1v) is 20.5. The van der Waals surface area contributed by atoms with Gasteiger partial charge >= 0.3 is 18.9 Å². The van der Waals surface area contributed by atoms with Crippen molar-refractivity contribution in [1.82, 2.24) is 39.4 Å². The molecular formula is C46H43BIN8O6. The third-order valence-electron chi connectivity index (χ3n) is 11.0. The number of hydrogen-bond acceptors (Lipinski definition) is 9. The van der Waals surface area contributed by atoms with E-state index in [0.29, 0.717) is 0 Å². The topological polar surface area (TPSA) is 205 Å². The highest BCUT2D eigenvalue weighted by Gasteiger charge is 2.20. The van der Waals surface area contributed by atoms with Gasteiger partial charge in [0.05, 0.1) is 44.5 Å². The third-order valence-corrected chi connectivity index (χ3v) is 11.8. The molecule has 0 atom stereocenters. The Labute approximate surface area is 369 Å². The van der Waals surface area contributed by atoms with Crippen LogP contribution in [0.2, 0.25) is 0 Å². The monoisotopic (exact) mass is 941 g/mol. The molecule has 62 heavy (non-hydrogen) atoms. The Morgan fingerprint density at radius 1 is 0.645 bits per heavy atom. The average molecular weight is 942 g/mol. The lowest BCUT2D eigenvalue weighted by atomic mass is 9.82. The van der Waals surface area contributed by atoms with E-state index in [0.717, 1.165) is 128 Å². The summed E-state index contributed by atoms with van der Waals surface area (Å²) in [7, 11) is 4.69. The van der Waals surface area contributed by atoms with E-state index in [1.807, 2.05) is 89.2 Å². The number of imidazole rings is 2. The van der Waals surface area contributed by atoms with Crippen molar-refractivity contribution in [3.8, 4) is 33.4 Å². The molecule has 5 N–H and O–H groups in total. The molecule has 0 aliphatic heterocycles. The smallest absolute Gasteiger partial charge is 0.327 e. The van der Waals surface area contributed by atoms with Gasteiger partial charge in [-0.15, -0.1) is 0 Å². The number of aromatic amines is 2. The average Bonchev–Trinajstić information content (AvgIpc) is 3.95. The molecule has 10 aromatic rings. The minimum Gasteiger partial charge on any atom is -0.450 e. The van der Waals surface area contributed by atoms with Crippen LogP contribution in [0.4, 0.5) is 0 Å². The Morgan fingerprint density at radius 3 is 1.69 bits per heavy atom. The molecule has 4 aromatic carbocycles. The summed E-state index contributed by atoms with van der Waals surface area (Å²) in [6.07, 6.45) is 3.54. The summed E-state index contributed by atoms with van der Waals surface area (Å²) < 4.78 is 14.9. The van der Waals surface area contributed by atoms with Gasteiger partial charge in [-0.2, -0.15) is 0 Å². The van der Waals surface area contributed by atoms with Crippen LogP contribution >= 0.6 is 22.6 Å². The van der Waals surface area contributed by atoms with Gasteiger partial charge in [0.1, 0.15) is 11.5 Å². The molecule has 16 heteroatoms. The first-order chi connectivity index (χ1) is 29.3. The minimum absolute atomic E-state index is 0. The molecule has 0 amide bonds. The van der Waals surface area contributed by atoms with Gasteiger partial charge in [0.25, 0.3) is 0 Å². The lowest BCUT2D eigenvalue weighted by Crippen LogP contribution is -2.18. The van der Waals surface area contributed by atoms with Gasteiger partial charge in [-0.05, 0) is 146 Å². The van der Waals surface area contributed by atoms with E-state index in [-0.39, 0.29) is 16.9 Å². The molecule has 14 nitrogen and oxygen atoms in total. The molecule has 6 heterocycles. The highest BCUT2D eigenvalue weighted by molar-refractivity contribution is 14.1. The van der Waals surface area contributed by atoms with E-state index in [4.69, 9.17) is 14.1 Å². The largest absolute Gasteiger partial charge is 0.450 e. The molecule has 0 saturated carbocycles. The zero-order chi connectivity index (χ0) is 43.3. The summed E-state index contributed by atoms with van der Waals surface area (Å²) in [6.45, 7) is 11.7. The molecule has 0 unspecified atom stereocenters. The second-order valence-corrected chi connectivity index (χ2v) is 16.1. The second kappa shape index (κ2) is 17.4. The fraction of sp³-hybridized carbons (Fsp3) is 0.174. The van der Waals surface area contributed by atoms with Crippen molar-refractivity contribution in [3.63, 3.8) is 0 Å². The number of H-pyrrole nitrogens is 2. The maximum atomic E-state index is 12.5. The summed E-state index contributed by atoms with van der Waals surface area (Å²) in [4.78, 5) is 38.7. The van der Waals surface area contributed by atoms with Crippen LogP contribution in [-0.2, 0) is 14.1 Å². The summed E-state index contributed by atoms with van der Waals surface area (Å²) in [5.41, 5.74) is 15.6. The van der Waals surface area contributed by atoms with Crippen LogP contribution in [0.1, 0.15) is 34.0 Å². The predicted molar refractivity (Wildman–Crippen MR) is 253 cm³/mol. The summed E-state index contributed by atoms with van der Waals surface area (Å²) >= 11 is 2.24. The Morgan fingerprint density at radius 2 is 1.15 bits per heavy atom. The van der Waals surface area contributed by atoms with Gasteiger partial charge in [-0.1, -0.05) is 40.1 Å². The number of nitrogens with one attached hydrogen (secondary N) is 2. The van der Waals surface area contributed by atoms with Crippen molar-refractivity contribution < 1.29 is 19.5 Å². The van der Waals surface area contributed by atoms with E-state index < -0.39 is 0 Å². The number of hydrogen-bond donors (Lipinski definition) is 3. The summed E-state index contributed by atoms with van der Waals surface area (Å²) in [6, 6.07) is 24.0. The van der Waals surface area contributed by atoms with Gasteiger partial charge in [-0.25, -0.2) is 9.59 Å². The van der Waals surface area contributed by atoms with Gasteiger partial charge in [0, 0.05) is 52.1 Å². The van der Waals surface area contributed by atoms with E-state index in [2.05, 4.69) is 78.0 Å². The second-order valence-electron chi connectivity index (χ2n) is 15.0. The number of aryl methyl sites for hydroxylation is 8. The molecular weight excluding hydrogens is 898 g/mol. The number of nitrogens with zero attached hydrogens (tertiary/aromatic N) is 6. The lowest BCUT2D eigenvalue weighted by Gasteiger charge is -2.14. The van der Waals surface area contributed by atoms with E-state index >= 15 is 0 Å². The number of pyridine rings is 2. The molecule has 0 aliphatic rings. The molecule has 1 radical (unpaired) electrons. The van der Waals surface area contributed by atoms with Gasteiger partial charge < -0.3 is 29.5 Å². The molecule has 0 bridgehead atoms. The van der Waals surface area contributed by atoms with Crippen LogP contribution in [0.15, 0.2) is 104 Å². The van der Waals surface area contributed by atoms with Crippen LogP contribution < -0.4 is 16.8 Å². The molecule has 0 aliphatic carbocycles. The standard InChI is InChI=1S/C23H20N4O2.C13H12IN3O2.C10H9BNO.H2O/c1-12-7-8-18-16(6-5-9-24-18)20(12)17-10-15(21-13(2)26-29-14(21)3)11-19-22(17)27(4)23(28)25-19;1-6-11(7(2)19-16-6)8-4-9(14)12-10(5-8)15-13(18)17(12)3;1-7-4-5-9-8(10(7)11-13)3-2-6-12-9;/h5-11H,1-4H3,(H,25,28);4-5H,1-3H3,(H,15,18);2-6,13H,1H3;1H2. The third kappa shape index (κ3) is 7.76. The van der Waals surface area contributed by atoms with Crippen molar-refractivity contribution in [2.75, 3.05) is 0 Å². The van der Waals surface area contributed by atoms with Gasteiger partial charge in [-0.3, -0.25) is 19.1 Å². The number of benzene rings is 4. The molecule has 0 fully saturated rings. The predicted octanol–water partition coefficient (Wildman–Crippen LogP) is 7.36. The quantitative estimate of drug-likeness (QED) is 0.119. The maximum Gasteiger partial charge on any atom is 0.327 e. The summed E-state index contributed by atoms with van der Waals surface area (Å²) in [5, 5.41) is 19.2. The van der Waals surface area contributed by atoms with Crippen LogP contribution in [0.5, 0.6) is 0 Å². The molecule has 10 rings (SSSR count). The van der Waals surface area contributed by atoms with Crippen molar-refractivity contribution in [1.29, 1.82) is 0 Å². The first kappa shape index (κ1) is 43.5. The zero-order valence-corrected chi connectivity index (χ0v) is 37.5. The van der Waals surface area contributed by atoms with Crippen molar-refractivity contribution >= 4 is 79.4 Å². The normalized spacial score (nSPS) is 11.1. The fourth-order valence-electron chi connectivity index (χ4n) is 8.07. The zero-order valence-electron chi connectivity index (χ0n) is 35.3. The fourth-order valence-corrected chi connectivity index (χ4v) is 9.06. The number of rotatable bonds is 4. The molecule has 0 spiro atoms. The van der Waals surface area contributed by atoms with Crippen LogP contribution in [0.25, 0.3) is 77.3 Å². The lowest BCUT2D eigenvalue weighted by molar-refractivity contribution is 0.393. The Kier molecular flexibility index (Phi) is 12.2. The summed E-state index contributed by atoms with van der Waals surface area (Å²) in [5.74, 6) is 1.54. The first-order valence-electron chi connectivity index (χ1n) is 19.4. The SMILES string of the molecule is Cc1ccc2ncccc2c1-c1cc(-c2c(C)noc2C)cc2[nH]c(=O)n(C)c12.Cc1ccc2ncccc2c1[B]O.Cc1noc(C)c1-c1cc(I)c2c(c1)[nH]c(=O)n2C.O. The maximum absolute atomic E-state index is 12.5. The van der Waals surface area contributed by atoms with Gasteiger partial charge in [0.2, 0.25) is 0 Å². The van der Waals surface area contributed by atoms with Crippen LogP contribution in [0.3, 0.4) is 0 Å². The molecule has 6 aromatic heterocycles. The minimum atomic E-state index is -0.145. The number of halogens is 1. The molecule has 313 valence electrons. The van der Waals surface area contributed by atoms with Crippen LogP contribution in [0, 0.1) is 45.1 Å². The van der Waals surface area contributed by atoms with E-state index in [9.17, 15) is 9.59 Å². The number of fused-ring (bicyclic) bond motifs is 4. The van der Waals surface area contributed by atoms with E-state index in [1.165, 1.54) is 0 Å². The molecule has 0 saturated heterocycles. The Hall–Kier alpha value is -6.63. The van der Waals surface area contributed by atoms with Gasteiger partial charge in [0.15, 0.2) is 0 Å². The Balaban J connectivity index is 0.000000151. The van der Waals surface area contributed by atoms with Crippen molar-refractivity contribution in [3.05, 3.63) is 144 Å². The highest BCUT2D eigenvalue weighted by Crippen LogP contribution is 2.39. The van der Waals surface area contributed by atoms with Crippen LogP contribution in [-0.4, -0.2) is 57.4 Å².